The Labute approximate surface area is 123 Å². The van der Waals surface area contributed by atoms with E-state index in [0.717, 1.165) is 19.4 Å². The standard InChI is InChI=1S/C14H21N3O4/c1-9-7-11(12(15-9)13(18)19)16-14(20)17-5-3-10(4-6-17)8-21-2/h7,10,15H,3-6,8H2,1-2H3,(H,16,20)(H,18,19). The van der Waals surface area contributed by atoms with Crippen LogP contribution in [0, 0.1) is 12.8 Å². The molecule has 0 radical (unpaired) electrons. The SMILES string of the molecule is COCC1CCN(C(=O)Nc2cc(C)[nH]c2C(=O)O)CC1. The largest absolute Gasteiger partial charge is 0.477 e. The number of aromatic amines is 1. The molecule has 0 aromatic carbocycles. The Bertz CT molecular complexity index is 518. The van der Waals surface area contributed by atoms with Gasteiger partial charge >= 0.3 is 12.0 Å². The summed E-state index contributed by atoms with van der Waals surface area (Å²) in [6.07, 6.45) is 1.80. The third-order valence-corrected chi connectivity index (χ3v) is 3.71. The number of hydrogen-bond acceptors (Lipinski definition) is 3. The van der Waals surface area contributed by atoms with Crippen molar-refractivity contribution in [3.63, 3.8) is 0 Å². The number of aryl methyl sites for hydroxylation is 1. The molecule has 0 saturated carbocycles. The lowest BCUT2D eigenvalue weighted by atomic mass is 9.98. The van der Waals surface area contributed by atoms with Gasteiger partial charge in [-0.3, -0.25) is 0 Å². The summed E-state index contributed by atoms with van der Waals surface area (Å²) in [7, 11) is 1.68. The van der Waals surface area contributed by atoms with Crippen molar-refractivity contribution in [3.8, 4) is 0 Å². The van der Waals surface area contributed by atoms with E-state index in [1.165, 1.54) is 0 Å². The number of aromatic nitrogens is 1. The number of aromatic carboxylic acids is 1. The number of methoxy groups -OCH3 is 1. The third-order valence-electron chi connectivity index (χ3n) is 3.71. The molecule has 2 heterocycles. The number of anilines is 1. The number of rotatable bonds is 4. The molecular weight excluding hydrogens is 274 g/mol. The maximum Gasteiger partial charge on any atom is 0.354 e. The van der Waals surface area contributed by atoms with Crippen LogP contribution in [0.5, 0.6) is 0 Å². The lowest BCUT2D eigenvalue weighted by Gasteiger charge is -2.31. The van der Waals surface area contributed by atoms with E-state index >= 15 is 0 Å². The fourth-order valence-corrected chi connectivity index (χ4v) is 2.59. The Balaban J connectivity index is 1.95. The molecule has 2 amide bonds. The predicted octanol–water partition coefficient (Wildman–Crippen LogP) is 1.91. The van der Waals surface area contributed by atoms with Crippen LogP contribution in [0.25, 0.3) is 0 Å². The fraction of sp³-hybridized carbons (Fsp3) is 0.571. The van der Waals surface area contributed by atoms with Crippen molar-refractivity contribution in [2.75, 3.05) is 32.1 Å². The van der Waals surface area contributed by atoms with Gasteiger partial charge in [0.15, 0.2) is 0 Å². The van der Waals surface area contributed by atoms with Crippen molar-refractivity contribution in [3.05, 3.63) is 17.5 Å². The predicted molar refractivity (Wildman–Crippen MR) is 77.7 cm³/mol. The normalized spacial score (nSPS) is 16.0. The van der Waals surface area contributed by atoms with Gasteiger partial charge in [0.1, 0.15) is 5.69 Å². The Morgan fingerprint density at radius 3 is 2.71 bits per heavy atom. The summed E-state index contributed by atoms with van der Waals surface area (Å²) in [5.41, 5.74) is 1.01. The van der Waals surface area contributed by atoms with E-state index in [0.29, 0.717) is 30.4 Å². The number of hydrogen-bond donors (Lipinski definition) is 3. The summed E-state index contributed by atoms with van der Waals surface area (Å²) in [5.74, 6) is -0.597. The first-order valence-electron chi connectivity index (χ1n) is 6.99. The molecule has 2 rings (SSSR count). The number of piperidine rings is 1. The zero-order chi connectivity index (χ0) is 15.4. The number of carboxylic acids is 1. The van der Waals surface area contributed by atoms with Gasteiger partial charge in [-0.1, -0.05) is 0 Å². The van der Waals surface area contributed by atoms with Crippen molar-refractivity contribution < 1.29 is 19.4 Å². The summed E-state index contributed by atoms with van der Waals surface area (Å²) in [6, 6.07) is 1.37. The molecule has 1 aliphatic rings. The van der Waals surface area contributed by atoms with Crippen LogP contribution in [0.1, 0.15) is 29.0 Å². The topological polar surface area (TPSA) is 94.7 Å². The number of ether oxygens (including phenoxy) is 1. The first-order valence-corrected chi connectivity index (χ1v) is 6.99. The Morgan fingerprint density at radius 2 is 2.14 bits per heavy atom. The van der Waals surface area contributed by atoms with Crippen LogP contribution in [-0.2, 0) is 4.74 Å². The zero-order valence-corrected chi connectivity index (χ0v) is 12.3. The van der Waals surface area contributed by atoms with Gasteiger partial charge in [0.05, 0.1) is 5.69 Å². The third kappa shape index (κ3) is 3.75. The van der Waals surface area contributed by atoms with Crippen LogP contribution in [-0.4, -0.2) is 53.8 Å². The molecule has 7 heteroatoms. The Hall–Kier alpha value is -2.02. The molecule has 0 unspecified atom stereocenters. The summed E-state index contributed by atoms with van der Waals surface area (Å²) in [5, 5.41) is 11.8. The molecule has 0 bridgehead atoms. The highest BCUT2D eigenvalue weighted by Crippen LogP contribution is 2.20. The minimum absolute atomic E-state index is 0.00937. The van der Waals surface area contributed by atoms with E-state index in [1.807, 2.05) is 0 Å². The lowest BCUT2D eigenvalue weighted by molar-refractivity contribution is 0.0692. The molecule has 1 aromatic heterocycles. The van der Waals surface area contributed by atoms with Gasteiger partial charge in [-0.05, 0) is 31.7 Å². The van der Waals surface area contributed by atoms with Crippen LogP contribution in [0.2, 0.25) is 0 Å². The lowest BCUT2D eigenvalue weighted by Crippen LogP contribution is -2.41. The summed E-state index contributed by atoms with van der Waals surface area (Å²) >= 11 is 0. The first kappa shape index (κ1) is 15.4. The van der Waals surface area contributed by atoms with E-state index in [4.69, 9.17) is 9.84 Å². The maximum atomic E-state index is 12.2. The second kappa shape index (κ2) is 6.62. The van der Waals surface area contributed by atoms with Gasteiger partial charge in [0, 0.05) is 32.5 Å². The monoisotopic (exact) mass is 295 g/mol. The number of H-pyrrole nitrogens is 1. The summed E-state index contributed by atoms with van der Waals surface area (Å²) in [4.78, 5) is 27.7. The first-order chi connectivity index (χ1) is 10.0. The van der Waals surface area contributed by atoms with Crippen molar-refractivity contribution in [1.29, 1.82) is 0 Å². The number of nitrogens with one attached hydrogen (secondary N) is 2. The molecule has 1 fully saturated rings. The van der Waals surface area contributed by atoms with Crippen LogP contribution < -0.4 is 5.32 Å². The quantitative estimate of drug-likeness (QED) is 0.790. The number of urea groups is 1. The van der Waals surface area contributed by atoms with Crippen molar-refractivity contribution in [2.45, 2.75) is 19.8 Å². The van der Waals surface area contributed by atoms with Crippen LogP contribution in [0.4, 0.5) is 10.5 Å². The zero-order valence-electron chi connectivity index (χ0n) is 12.3. The van der Waals surface area contributed by atoms with Crippen LogP contribution in [0.3, 0.4) is 0 Å². The molecule has 0 spiro atoms. The van der Waals surface area contributed by atoms with E-state index in [9.17, 15) is 9.59 Å². The molecule has 1 saturated heterocycles. The van der Waals surface area contributed by atoms with E-state index in [-0.39, 0.29) is 11.7 Å². The molecule has 21 heavy (non-hydrogen) atoms. The fourth-order valence-electron chi connectivity index (χ4n) is 2.59. The van der Waals surface area contributed by atoms with Gasteiger partial charge in [0.25, 0.3) is 0 Å². The number of amides is 2. The molecule has 1 aromatic rings. The Kier molecular flexibility index (Phi) is 4.85. The molecule has 3 N–H and O–H groups in total. The van der Waals surface area contributed by atoms with E-state index < -0.39 is 5.97 Å². The highest BCUT2D eigenvalue weighted by molar-refractivity contribution is 5.99. The molecular formula is C14H21N3O4. The summed E-state index contributed by atoms with van der Waals surface area (Å²) in [6.45, 7) is 3.78. The average Bonchev–Trinajstić information content (AvgIpc) is 2.81. The minimum Gasteiger partial charge on any atom is -0.477 e. The second-order valence-corrected chi connectivity index (χ2v) is 5.36. The average molecular weight is 295 g/mol. The van der Waals surface area contributed by atoms with Crippen molar-refractivity contribution in [1.82, 2.24) is 9.88 Å². The van der Waals surface area contributed by atoms with Crippen LogP contribution >= 0.6 is 0 Å². The van der Waals surface area contributed by atoms with Gasteiger partial charge in [0.2, 0.25) is 0 Å². The van der Waals surface area contributed by atoms with E-state index in [2.05, 4.69) is 10.3 Å². The van der Waals surface area contributed by atoms with Gasteiger partial charge in [-0.25, -0.2) is 9.59 Å². The van der Waals surface area contributed by atoms with Gasteiger partial charge < -0.3 is 25.0 Å². The second-order valence-electron chi connectivity index (χ2n) is 5.36. The smallest absolute Gasteiger partial charge is 0.354 e. The number of likely N-dealkylation sites (tertiary alicyclic amines) is 1. The van der Waals surface area contributed by atoms with Gasteiger partial charge in [-0.2, -0.15) is 0 Å². The molecule has 0 atom stereocenters. The number of nitrogens with zero attached hydrogens (tertiary/aromatic N) is 1. The number of carbonyl (C=O) groups is 2. The van der Waals surface area contributed by atoms with Gasteiger partial charge in [-0.15, -0.1) is 0 Å². The Morgan fingerprint density at radius 1 is 1.48 bits per heavy atom. The molecule has 116 valence electrons. The molecule has 7 nitrogen and oxygen atoms in total. The van der Waals surface area contributed by atoms with E-state index in [1.54, 1.807) is 25.0 Å². The highest BCUT2D eigenvalue weighted by atomic mass is 16.5. The van der Waals surface area contributed by atoms with Crippen LogP contribution in [0.15, 0.2) is 6.07 Å². The number of carbonyl (C=O) groups excluding carboxylic acids is 1. The van der Waals surface area contributed by atoms with Crippen molar-refractivity contribution in [2.24, 2.45) is 5.92 Å². The van der Waals surface area contributed by atoms with Crippen molar-refractivity contribution >= 4 is 17.7 Å². The highest BCUT2D eigenvalue weighted by Gasteiger charge is 2.24. The molecule has 0 aliphatic carbocycles. The summed E-state index contributed by atoms with van der Waals surface area (Å²) < 4.78 is 5.13. The maximum absolute atomic E-state index is 12.2. The molecule has 1 aliphatic heterocycles. The number of carboxylic acid groups (broad SMARTS) is 1. The minimum atomic E-state index is -1.09.